The van der Waals surface area contributed by atoms with Crippen LogP contribution in [0.3, 0.4) is 0 Å². The summed E-state index contributed by atoms with van der Waals surface area (Å²) in [6.07, 6.45) is 6.42. The Labute approximate surface area is 352 Å². The van der Waals surface area contributed by atoms with Crippen molar-refractivity contribution in [2.75, 3.05) is 0 Å². The fourth-order valence-electron chi connectivity index (χ4n) is 9.69. The first-order valence-electron chi connectivity index (χ1n) is 21.2. The van der Waals surface area contributed by atoms with Crippen LogP contribution >= 0.6 is 0 Å². The van der Waals surface area contributed by atoms with Crippen LogP contribution in [0.2, 0.25) is 0 Å². The van der Waals surface area contributed by atoms with Gasteiger partial charge in [0.2, 0.25) is 0 Å². The molecule has 1 fully saturated rings. The average Bonchev–Trinajstić information content (AvgIpc) is 3.60. The molecular weight excluding hydrogens is 727 g/mol. The Morgan fingerprint density at radius 2 is 0.650 bits per heavy atom. The van der Waals surface area contributed by atoms with Gasteiger partial charge in [-0.3, -0.25) is 0 Å². The van der Waals surface area contributed by atoms with Crippen molar-refractivity contribution in [3.05, 3.63) is 211 Å². The molecule has 2 aliphatic carbocycles. The standard InChI is InChI=1S/C57H43N3/c1-4-14-39(15-5-1)40-28-30-44(31-29-40)55-58-54(43-16-6-2-7-17-43)59-56(60-55)49-21-13-19-46(37-49)42-26-24-41(25-27-42)45-18-12-20-47(36-45)48-32-33-51-50-22-8-9-23-52(50)57(53(51)38-48)34-10-3-11-35-57/h1-2,4-9,12-33,36-38H,3,10-11,34-35H2. The zero-order chi connectivity index (χ0) is 39.9. The van der Waals surface area contributed by atoms with Crippen LogP contribution in [0.25, 0.3) is 89.8 Å². The molecule has 0 unspecified atom stereocenters. The molecular formula is C57H43N3. The fraction of sp³-hybridized carbons (Fsp3) is 0.105. The number of nitrogens with zero attached hydrogens (tertiary/aromatic N) is 3. The molecule has 286 valence electrons. The van der Waals surface area contributed by atoms with E-state index in [-0.39, 0.29) is 5.41 Å². The van der Waals surface area contributed by atoms with Gasteiger partial charge in [0.1, 0.15) is 0 Å². The molecule has 8 aromatic carbocycles. The molecule has 0 aliphatic heterocycles. The molecule has 1 aromatic heterocycles. The van der Waals surface area contributed by atoms with Crippen molar-refractivity contribution in [1.29, 1.82) is 0 Å². The maximum atomic E-state index is 5.06. The largest absolute Gasteiger partial charge is 0.208 e. The number of fused-ring (bicyclic) bond motifs is 5. The molecule has 3 heteroatoms. The molecule has 11 rings (SSSR count). The lowest BCUT2D eigenvalue weighted by molar-refractivity contribution is 0.353. The second-order valence-corrected chi connectivity index (χ2v) is 16.3. The van der Waals surface area contributed by atoms with Gasteiger partial charge in [0, 0.05) is 22.1 Å². The van der Waals surface area contributed by atoms with Crippen LogP contribution in [0.15, 0.2) is 200 Å². The Balaban J connectivity index is 0.891. The Morgan fingerprint density at radius 1 is 0.267 bits per heavy atom. The van der Waals surface area contributed by atoms with E-state index in [4.69, 9.17) is 15.0 Å². The molecule has 3 nitrogen and oxygen atoms in total. The molecule has 9 aromatic rings. The van der Waals surface area contributed by atoms with Crippen LogP contribution in [0, 0.1) is 0 Å². The summed E-state index contributed by atoms with van der Waals surface area (Å²) >= 11 is 0. The Kier molecular flexibility index (Phi) is 9.08. The lowest BCUT2D eigenvalue weighted by atomic mass is 9.67. The van der Waals surface area contributed by atoms with E-state index in [1.165, 1.54) is 82.2 Å². The Morgan fingerprint density at radius 3 is 1.28 bits per heavy atom. The van der Waals surface area contributed by atoms with E-state index in [0.717, 1.165) is 33.4 Å². The minimum atomic E-state index is 0.149. The van der Waals surface area contributed by atoms with Gasteiger partial charge in [-0.25, -0.2) is 15.0 Å². The van der Waals surface area contributed by atoms with Crippen molar-refractivity contribution >= 4 is 0 Å². The first-order valence-corrected chi connectivity index (χ1v) is 21.2. The minimum absolute atomic E-state index is 0.149. The van der Waals surface area contributed by atoms with Crippen molar-refractivity contribution in [2.24, 2.45) is 0 Å². The SMILES string of the molecule is c1ccc(-c2ccc(-c3nc(-c4ccccc4)nc(-c4cccc(-c5ccc(-c6cccc(-c7ccc8c(c7)C7(CCCCC7)c7ccccc7-8)c6)cc5)c4)n3)cc2)cc1. The third kappa shape index (κ3) is 6.53. The molecule has 0 radical (unpaired) electrons. The van der Waals surface area contributed by atoms with Gasteiger partial charge in [0.15, 0.2) is 17.5 Å². The van der Waals surface area contributed by atoms with Crippen molar-refractivity contribution in [1.82, 2.24) is 15.0 Å². The van der Waals surface area contributed by atoms with Gasteiger partial charge < -0.3 is 0 Å². The van der Waals surface area contributed by atoms with Crippen molar-refractivity contribution in [3.8, 4) is 89.8 Å². The summed E-state index contributed by atoms with van der Waals surface area (Å²) in [5, 5.41) is 0. The van der Waals surface area contributed by atoms with Crippen molar-refractivity contribution in [3.63, 3.8) is 0 Å². The van der Waals surface area contributed by atoms with E-state index in [0.29, 0.717) is 17.5 Å². The van der Waals surface area contributed by atoms with Gasteiger partial charge in [0.05, 0.1) is 0 Å². The van der Waals surface area contributed by atoms with Gasteiger partial charge in [-0.1, -0.05) is 201 Å². The van der Waals surface area contributed by atoms with Crippen LogP contribution in [0.5, 0.6) is 0 Å². The number of aromatic nitrogens is 3. The Bertz CT molecular complexity index is 2980. The number of rotatable bonds is 7. The monoisotopic (exact) mass is 769 g/mol. The second-order valence-electron chi connectivity index (χ2n) is 16.3. The van der Waals surface area contributed by atoms with E-state index >= 15 is 0 Å². The van der Waals surface area contributed by atoms with Gasteiger partial charge >= 0.3 is 0 Å². The van der Waals surface area contributed by atoms with Crippen LogP contribution in [-0.4, -0.2) is 15.0 Å². The summed E-state index contributed by atoms with van der Waals surface area (Å²) < 4.78 is 0. The first-order chi connectivity index (χ1) is 29.7. The summed E-state index contributed by atoms with van der Waals surface area (Å²) in [6, 6.07) is 71.9. The quantitative estimate of drug-likeness (QED) is 0.162. The highest BCUT2D eigenvalue weighted by atomic mass is 15.0. The van der Waals surface area contributed by atoms with E-state index < -0.39 is 0 Å². The second kappa shape index (κ2) is 15.2. The molecule has 1 saturated carbocycles. The van der Waals surface area contributed by atoms with Gasteiger partial charge in [-0.15, -0.1) is 0 Å². The summed E-state index contributed by atoms with van der Waals surface area (Å²) in [5.41, 5.74) is 18.5. The maximum Gasteiger partial charge on any atom is 0.164 e. The smallest absolute Gasteiger partial charge is 0.164 e. The number of hydrogen-bond donors (Lipinski definition) is 0. The summed E-state index contributed by atoms with van der Waals surface area (Å²) in [4.78, 5) is 15.0. The zero-order valence-electron chi connectivity index (χ0n) is 33.4. The van der Waals surface area contributed by atoms with Crippen molar-refractivity contribution in [2.45, 2.75) is 37.5 Å². The van der Waals surface area contributed by atoms with Crippen molar-refractivity contribution < 1.29 is 0 Å². The van der Waals surface area contributed by atoms with Gasteiger partial charge in [-0.05, 0) is 97.8 Å². The molecule has 0 bridgehead atoms. The third-order valence-electron chi connectivity index (χ3n) is 12.8. The summed E-state index contributed by atoms with van der Waals surface area (Å²) in [5.74, 6) is 1.94. The molecule has 60 heavy (non-hydrogen) atoms. The summed E-state index contributed by atoms with van der Waals surface area (Å²) in [6.45, 7) is 0. The predicted molar refractivity (Wildman–Crippen MR) is 247 cm³/mol. The van der Waals surface area contributed by atoms with Gasteiger partial charge in [0.25, 0.3) is 0 Å². The molecule has 0 N–H and O–H groups in total. The van der Waals surface area contributed by atoms with Gasteiger partial charge in [-0.2, -0.15) is 0 Å². The van der Waals surface area contributed by atoms with E-state index in [9.17, 15) is 0 Å². The van der Waals surface area contributed by atoms with Crippen LogP contribution in [0.1, 0.15) is 43.2 Å². The predicted octanol–water partition coefficient (Wildman–Crippen LogP) is 14.8. The maximum absolute atomic E-state index is 5.06. The minimum Gasteiger partial charge on any atom is -0.208 e. The normalized spacial score (nSPS) is 13.8. The topological polar surface area (TPSA) is 38.7 Å². The summed E-state index contributed by atoms with van der Waals surface area (Å²) in [7, 11) is 0. The van der Waals surface area contributed by atoms with E-state index in [1.807, 2.05) is 36.4 Å². The van der Waals surface area contributed by atoms with E-state index in [1.54, 1.807) is 0 Å². The molecule has 1 spiro atoms. The lowest BCUT2D eigenvalue weighted by Gasteiger charge is -2.36. The highest BCUT2D eigenvalue weighted by Crippen LogP contribution is 2.56. The molecule has 0 saturated heterocycles. The number of hydrogen-bond acceptors (Lipinski definition) is 3. The third-order valence-corrected chi connectivity index (χ3v) is 12.8. The van der Waals surface area contributed by atoms with Crippen LogP contribution < -0.4 is 0 Å². The van der Waals surface area contributed by atoms with E-state index in [2.05, 4.69) is 164 Å². The molecule has 0 atom stereocenters. The number of benzene rings is 8. The highest BCUT2D eigenvalue weighted by Gasteiger charge is 2.43. The highest BCUT2D eigenvalue weighted by molar-refractivity contribution is 5.85. The van der Waals surface area contributed by atoms with Crippen LogP contribution in [-0.2, 0) is 5.41 Å². The molecule has 1 heterocycles. The first kappa shape index (κ1) is 35.9. The van der Waals surface area contributed by atoms with Crippen LogP contribution in [0.4, 0.5) is 0 Å². The fourth-order valence-corrected chi connectivity index (χ4v) is 9.69. The lowest BCUT2D eigenvalue weighted by Crippen LogP contribution is -2.28. The molecule has 2 aliphatic rings. The average molecular weight is 770 g/mol. The Hall–Kier alpha value is -7.23. The zero-order valence-corrected chi connectivity index (χ0v) is 33.4. The molecule has 0 amide bonds.